The van der Waals surface area contributed by atoms with E-state index < -0.39 is 11.6 Å². The lowest BCUT2D eigenvalue weighted by atomic mass is 9.92. The lowest BCUT2D eigenvalue weighted by Gasteiger charge is -2.28. The standard InChI is InChI=1S/C25H24F2N6O/c26-16-3-6-18(19(27)11-16)22-23-25(29-21-2-1-8-32(21)23)31-24(30-22)14-7-9-34-20(10-14)15-12-28-33(13-15)17-4-5-17/h3,6,11-14,17,20H,1-2,4-5,7-10H2/t14-,20-/m0/s1. The van der Waals surface area contributed by atoms with Crippen molar-refractivity contribution < 1.29 is 13.5 Å². The summed E-state index contributed by atoms with van der Waals surface area (Å²) in [5, 5.41) is 4.51. The van der Waals surface area contributed by atoms with Gasteiger partial charge in [-0.3, -0.25) is 4.68 Å². The molecule has 2 atom stereocenters. The molecule has 1 saturated heterocycles. The van der Waals surface area contributed by atoms with Crippen molar-refractivity contribution in [3.8, 4) is 11.3 Å². The van der Waals surface area contributed by atoms with Crippen molar-refractivity contribution in [3.63, 3.8) is 0 Å². The third-order valence-corrected chi connectivity index (χ3v) is 7.23. The topological polar surface area (TPSA) is 70.7 Å². The van der Waals surface area contributed by atoms with E-state index in [1.54, 1.807) is 0 Å². The van der Waals surface area contributed by atoms with E-state index in [2.05, 4.69) is 15.9 Å². The number of fused-ring (bicyclic) bond motifs is 3. The summed E-state index contributed by atoms with van der Waals surface area (Å²) < 4.78 is 38.7. The van der Waals surface area contributed by atoms with Crippen LogP contribution in [0.5, 0.6) is 0 Å². The number of hydrogen-bond acceptors (Lipinski definition) is 5. The number of aryl methyl sites for hydroxylation is 2. The molecule has 174 valence electrons. The quantitative estimate of drug-likeness (QED) is 0.432. The first-order valence-corrected chi connectivity index (χ1v) is 12.0. The summed E-state index contributed by atoms with van der Waals surface area (Å²) in [5.41, 5.74) is 3.16. The SMILES string of the molecule is Fc1ccc(-c2nc([C@H]3CCO[C@H](c4cnn(C5CC5)c4)C3)nc3nc4n(c23)CCC4)c(F)c1. The van der Waals surface area contributed by atoms with Crippen LogP contribution in [0.2, 0.25) is 0 Å². The van der Waals surface area contributed by atoms with Crippen LogP contribution in [0.25, 0.3) is 22.4 Å². The third kappa shape index (κ3) is 3.33. The highest BCUT2D eigenvalue weighted by atomic mass is 19.1. The van der Waals surface area contributed by atoms with Crippen LogP contribution in [0.15, 0.2) is 30.6 Å². The molecule has 1 aromatic carbocycles. The van der Waals surface area contributed by atoms with Crippen LogP contribution in [-0.4, -0.2) is 35.9 Å². The number of halogens is 2. The summed E-state index contributed by atoms with van der Waals surface area (Å²) in [5.74, 6) is 0.404. The van der Waals surface area contributed by atoms with Crippen LogP contribution >= 0.6 is 0 Å². The first-order valence-electron chi connectivity index (χ1n) is 12.0. The second kappa shape index (κ2) is 7.66. The number of imidazole rings is 1. The Labute approximate surface area is 194 Å². The second-order valence-electron chi connectivity index (χ2n) is 9.58. The number of ether oxygens (including phenoxy) is 1. The van der Waals surface area contributed by atoms with Gasteiger partial charge in [0.25, 0.3) is 0 Å². The predicted molar refractivity (Wildman–Crippen MR) is 120 cm³/mol. The van der Waals surface area contributed by atoms with Crippen molar-refractivity contribution in [2.45, 2.75) is 63.1 Å². The molecule has 3 aromatic heterocycles. The van der Waals surface area contributed by atoms with Crippen LogP contribution in [0.4, 0.5) is 8.78 Å². The number of rotatable bonds is 4. The number of hydrogen-bond donors (Lipinski definition) is 0. The Morgan fingerprint density at radius 2 is 1.97 bits per heavy atom. The van der Waals surface area contributed by atoms with Gasteiger partial charge in [-0.05, 0) is 44.2 Å². The maximum Gasteiger partial charge on any atom is 0.181 e. The van der Waals surface area contributed by atoms with Crippen molar-refractivity contribution in [1.29, 1.82) is 0 Å². The van der Waals surface area contributed by atoms with E-state index in [4.69, 9.17) is 19.7 Å². The molecule has 0 unspecified atom stereocenters. The molecule has 1 saturated carbocycles. The second-order valence-corrected chi connectivity index (χ2v) is 9.58. The molecule has 1 aliphatic carbocycles. The minimum Gasteiger partial charge on any atom is -0.373 e. The van der Waals surface area contributed by atoms with Crippen LogP contribution in [0.3, 0.4) is 0 Å². The molecule has 5 heterocycles. The van der Waals surface area contributed by atoms with Gasteiger partial charge in [-0.25, -0.2) is 23.7 Å². The molecule has 2 aliphatic heterocycles. The summed E-state index contributed by atoms with van der Waals surface area (Å²) in [4.78, 5) is 14.5. The van der Waals surface area contributed by atoms with Gasteiger partial charge in [0, 0.05) is 48.9 Å². The fraction of sp³-hybridized carbons (Fsp3) is 0.440. The first-order chi connectivity index (χ1) is 16.6. The fourth-order valence-electron chi connectivity index (χ4n) is 5.30. The Balaban J connectivity index is 1.30. The molecule has 0 bridgehead atoms. The monoisotopic (exact) mass is 462 g/mol. The first kappa shape index (κ1) is 20.2. The van der Waals surface area contributed by atoms with E-state index in [-0.39, 0.29) is 17.6 Å². The maximum absolute atomic E-state index is 14.9. The fourth-order valence-corrected chi connectivity index (χ4v) is 5.30. The Morgan fingerprint density at radius 3 is 2.82 bits per heavy atom. The predicted octanol–water partition coefficient (Wildman–Crippen LogP) is 4.88. The zero-order valence-electron chi connectivity index (χ0n) is 18.6. The van der Waals surface area contributed by atoms with Crippen molar-refractivity contribution >= 4 is 11.2 Å². The summed E-state index contributed by atoms with van der Waals surface area (Å²) in [7, 11) is 0. The number of aromatic nitrogens is 6. The lowest BCUT2D eigenvalue weighted by Crippen LogP contribution is -2.20. The average molecular weight is 463 g/mol. The van der Waals surface area contributed by atoms with E-state index in [0.717, 1.165) is 55.2 Å². The maximum atomic E-state index is 14.9. The molecule has 2 fully saturated rings. The Kier molecular flexibility index (Phi) is 4.55. The van der Waals surface area contributed by atoms with Crippen molar-refractivity contribution in [1.82, 2.24) is 29.3 Å². The number of nitrogens with zero attached hydrogens (tertiary/aromatic N) is 6. The zero-order valence-corrected chi connectivity index (χ0v) is 18.6. The number of benzene rings is 1. The van der Waals surface area contributed by atoms with E-state index in [9.17, 15) is 8.78 Å². The van der Waals surface area contributed by atoms with E-state index in [1.165, 1.54) is 25.0 Å². The van der Waals surface area contributed by atoms with Gasteiger partial charge in [-0.2, -0.15) is 5.10 Å². The summed E-state index contributed by atoms with van der Waals surface area (Å²) in [6.07, 6.45) is 9.62. The molecular weight excluding hydrogens is 438 g/mol. The normalized spacial score (nSPS) is 22.4. The summed E-state index contributed by atoms with van der Waals surface area (Å²) in [6.45, 7) is 1.39. The van der Waals surface area contributed by atoms with Gasteiger partial charge in [0.15, 0.2) is 5.65 Å². The van der Waals surface area contributed by atoms with Crippen LogP contribution in [0.1, 0.15) is 67.4 Å². The molecule has 34 heavy (non-hydrogen) atoms. The van der Waals surface area contributed by atoms with Gasteiger partial charge in [-0.15, -0.1) is 0 Å². The van der Waals surface area contributed by atoms with Crippen LogP contribution in [0, 0.1) is 11.6 Å². The molecule has 7 nitrogen and oxygen atoms in total. The van der Waals surface area contributed by atoms with Gasteiger partial charge in [0.05, 0.1) is 18.3 Å². The van der Waals surface area contributed by atoms with E-state index in [1.807, 2.05) is 10.9 Å². The van der Waals surface area contributed by atoms with Gasteiger partial charge in [-0.1, -0.05) is 0 Å². The molecule has 3 aliphatic rings. The molecule has 9 heteroatoms. The van der Waals surface area contributed by atoms with Crippen LogP contribution < -0.4 is 0 Å². The van der Waals surface area contributed by atoms with Crippen molar-refractivity contribution in [3.05, 3.63) is 59.4 Å². The van der Waals surface area contributed by atoms with Crippen LogP contribution in [-0.2, 0) is 17.7 Å². The Hall–Kier alpha value is -3.20. The average Bonchev–Trinajstić information content (AvgIpc) is 3.24. The van der Waals surface area contributed by atoms with E-state index in [0.29, 0.717) is 29.8 Å². The Morgan fingerprint density at radius 1 is 1.06 bits per heavy atom. The van der Waals surface area contributed by atoms with Crippen molar-refractivity contribution in [2.24, 2.45) is 0 Å². The largest absolute Gasteiger partial charge is 0.373 e. The summed E-state index contributed by atoms with van der Waals surface area (Å²) in [6, 6.07) is 4.17. The molecule has 7 rings (SSSR count). The zero-order chi connectivity index (χ0) is 22.8. The third-order valence-electron chi connectivity index (χ3n) is 7.23. The van der Waals surface area contributed by atoms with Gasteiger partial charge >= 0.3 is 0 Å². The lowest BCUT2D eigenvalue weighted by molar-refractivity contribution is 0.00396. The minimum atomic E-state index is -0.628. The van der Waals surface area contributed by atoms with Gasteiger partial charge < -0.3 is 9.30 Å². The summed E-state index contributed by atoms with van der Waals surface area (Å²) >= 11 is 0. The van der Waals surface area contributed by atoms with Gasteiger partial charge in [0.2, 0.25) is 0 Å². The molecule has 0 N–H and O–H groups in total. The van der Waals surface area contributed by atoms with Gasteiger partial charge in [0.1, 0.15) is 34.5 Å². The Bertz CT molecular complexity index is 1410. The van der Waals surface area contributed by atoms with E-state index >= 15 is 0 Å². The highest BCUT2D eigenvalue weighted by Crippen LogP contribution is 2.40. The highest BCUT2D eigenvalue weighted by Gasteiger charge is 2.32. The smallest absolute Gasteiger partial charge is 0.181 e. The highest BCUT2D eigenvalue weighted by molar-refractivity contribution is 5.88. The molecular formula is C25H24F2N6O. The van der Waals surface area contributed by atoms with Crippen molar-refractivity contribution in [2.75, 3.05) is 6.61 Å². The minimum absolute atomic E-state index is 0.0474. The molecule has 0 amide bonds. The molecule has 0 spiro atoms. The molecule has 4 aromatic rings. The molecule has 0 radical (unpaired) electrons.